The zero-order valence-corrected chi connectivity index (χ0v) is 13.4. The fraction of sp³-hybridized carbons (Fsp3) is 0.417. The molecule has 0 bridgehead atoms. The van der Waals surface area contributed by atoms with E-state index in [4.69, 9.17) is 5.14 Å². The number of nitrogens with one attached hydrogen (secondary N) is 1. The molecule has 0 saturated carbocycles. The largest absolute Gasteiger partial charge is 0.351 e. The van der Waals surface area contributed by atoms with Gasteiger partial charge in [0.05, 0.1) is 10.6 Å². The van der Waals surface area contributed by atoms with Crippen LogP contribution in [0.4, 0.5) is 0 Å². The molecule has 0 radical (unpaired) electrons. The van der Waals surface area contributed by atoms with Crippen LogP contribution in [0.2, 0.25) is 0 Å². The zero-order valence-electron chi connectivity index (χ0n) is 11.8. The van der Waals surface area contributed by atoms with Crippen molar-refractivity contribution in [3.63, 3.8) is 0 Å². The van der Waals surface area contributed by atoms with E-state index in [9.17, 15) is 21.6 Å². The molecule has 0 unspecified atom stereocenters. The Morgan fingerprint density at radius 1 is 1.24 bits per heavy atom. The van der Waals surface area contributed by atoms with Crippen LogP contribution >= 0.6 is 0 Å². The lowest BCUT2D eigenvalue weighted by Crippen LogP contribution is -2.29. The first kappa shape index (κ1) is 17.6. The molecule has 21 heavy (non-hydrogen) atoms. The van der Waals surface area contributed by atoms with E-state index in [0.29, 0.717) is 12.0 Å². The quantitative estimate of drug-likeness (QED) is 0.737. The highest BCUT2D eigenvalue weighted by Crippen LogP contribution is 2.16. The molecule has 1 aromatic carbocycles. The van der Waals surface area contributed by atoms with Crippen molar-refractivity contribution >= 4 is 25.8 Å². The van der Waals surface area contributed by atoms with Crippen LogP contribution in [-0.4, -0.2) is 41.3 Å². The summed E-state index contributed by atoms with van der Waals surface area (Å²) in [5.74, 6) is -0.712. The summed E-state index contributed by atoms with van der Waals surface area (Å²) in [6, 6.07) is 4.05. The van der Waals surface area contributed by atoms with Gasteiger partial charge in [-0.15, -0.1) is 0 Å². The zero-order chi connectivity index (χ0) is 16.3. The van der Waals surface area contributed by atoms with Crippen molar-refractivity contribution in [2.45, 2.75) is 18.2 Å². The average Bonchev–Trinajstić information content (AvgIpc) is 2.35. The van der Waals surface area contributed by atoms with E-state index in [2.05, 4.69) is 5.32 Å². The van der Waals surface area contributed by atoms with E-state index in [1.54, 1.807) is 0 Å². The van der Waals surface area contributed by atoms with Crippen LogP contribution in [0.3, 0.4) is 0 Å². The van der Waals surface area contributed by atoms with Gasteiger partial charge < -0.3 is 5.32 Å². The number of benzene rings is 1. The van der Waals surface area contributed by atoms with Gasteiger partial charge in [-0.25, -0.2) is 22.0 Å². The SMILES string of the molecule is CCc1ccc(S(N)(=O)=O)cc1C(=O)NCCS(C)(=O)=O. The predicted octanol–water partition coefficient (Wildman–Crippen LogP) is -0.329. The van der Waals surface area contributed by atoms with Gasteiger partial charge in [-0.3, -0.25) is 4.79 Å². The summed E-state index contributed by atoms with van der Waals surface area (Å²) >= 11 is 0. The summed E-state index contributed by atoms with van der Waals surface area (Å²) in [5, 5.41) is 7.49. The Kier molecular flexibility index (Phi) is 5.48. The third-order valence-corrected chi connectivity index (χ3v) is 4.65. The number of hydrogen-bond acceptors (Lipinski definition) is 5. The van der Waals surface area contributed by atoms with Gasteiger partial charge in [-0.05, 0) is 24.1 Å². The third-order valence-electron chi connectivity index (χ3n) is 2.79. The molecule has 7 nitrogen and oxygen atoms in total. The summed E-state index contributed by atoms with van der Waals surface area (Å²) in [6.07, 6.45) is 1.60. The van der Waals surface area contributed by atoms with Gasteiger partial charge >= 0.3 is 0 Å². The summed E-state index contributed by atoms with van der Waals surface area (Å²) in [4.78, 5) is 11.9. The Labute approximate surface area is 124 Å². The molecular weight excluding hydrogens is 316 g/mol. The van der Waals surface area contributed by atoms with E-state index in [-0.39, 0.29) is 22.8 Å². The standard InChI is InChI=1S/C12H18N2O5S2/c1-3-9-4-5-10(21(13,18)19)8-11(9)12(15)14-6-7-20(2,16)17/h4-5,8H,3,6-7H2,1-2H3,(H,14,15)(H2,13,18,19). The van der Waals surface area contributed by atoms with Crippen molar-refractivity contribution in [3.8, 4) is 0 Å². The van der Waals surface area contributed by atoms with Crippen LogP contribution in [0.1, 0.15) is 22.8 Å². The average molecular weight is 334 g/mol. The first-order valence-electron chi connectivity index (χ1n) is 6.16. The molecule has 0 fully saturated rings. The summed E-state index contributed by atoms with van der Waals surface area (Å²) in [6.45, 7) is 1.78. The van der Waals surface area contributed by atoms with Crippen molar-refractivity contribution in [3.05, 3.63) is 29.3 Å². The minimum Gasteiger partial charge on any atom is -0.351 e. The molecular formula is C12H18N2O5S2. The van der Waals surface area contributed by atoms with Gasteiger partial charge in [0.25, 0.3) is 5.91 Å². The molecule has 0 aliphatic heterocycles. The second kappa shape index (κ2) is 6.54. The monoisotopic (exact) mass is 334 g/mol. The van der Waals surface area contributed by atoms with E-state index in [1.807, 2.05) is 6.92 Å². The van der Waals surface area contributed by atoms with Crippen molar-refractivity contribution in [2.24, 2.45) is 5.14 Å². The lowest BCUT2D eigenvalue weighted by Gasteiger charge is -2.10. The van der Waals surface area contributed by atoms with Crippen LogP contribution in [0.5, 0.6) is 0 Å². The molecule has 0 atom stereocenters. The molecule has 1 rings (SSSR count). The molecule has 0 heterocycles. The fourth-order valence-electron chi connectivity index (χ4n) is 1.70. The van der Waals surface area contributed by atoms with Gasteiger partial charge in [0.2, 0.25) is 10.0 Å². The Morgan fingerprint density at radius 3 is 2.33 bits per heavy atom. The number of carbonyl (C=O) groups excluding carboxylic acids is 1. The van der Waals surface area contributed by atoms with Gasteiger partial charge in [0.1, 0.15) is 9.84 Å². The molecule has 118 valence electrons. The Bertz CT molecular complexity index is 739. The van der Waals surface area contributed by atoms with Gasteiger partial charge in [-0.1, -0.05) is 13.0 Å². The maximum Gasteiger partial charge on any atom is 0.251 e. The molecule has 3 N–H and O–H groups in total. The minimum absolute atomic E-state index is 0.0412. The number of hydrogen-bond donors (Lipinski definition) is 2. The highest BCUT2D eigenvalue weighted by Gasteiger charge is 2.16. The van der Waals surface area contributed by atoms with Crippen molar-refractivity contribution in [1.82, 2.24) is 5.32 Å². The Hall–Kier alpha value is -1.45. The summed E-state index contributed by atoms with van der Waals surface area (Å²) < 4.78 is 44.7. The normalized spacial score (nSPS) is 12.1. The topological polar surface area (TPSA) is 123 Å². The molecule has 0 aliphatic carbocycles. The number of primary sulfonamides is 1. The maximum absolute atomic E-state index is 12.0. The number of aryl methyl sites for hydroxylation is 1. The molecule has 1 aromatic rings. The third kappa shape index (κ3) is 5.44. The first-order valence-corrected chi connectivity index (χ1v) is 9.77. The number of sulfonamides is 1. The van der Waals surface area contributed by atoms with Crippen molar-refractivity contribution in [2.75, 3.05) is 18.6 Å². The van der Waals surface area contributed by atoms with Gasteiger partial charge in [0.15, 0.2) is 0 Å². The number of sulfone groups is 1. The number of rotatable bonds is 6. The van der Waals surface area contributed by atoms with Gasteiger partial charge in [0, 0.05) is 18.4 Å². The fourth-order valence-corrected chi connectivity index (χ4v) is 2.71. The van der Waals surface area contributed by atoms with Gasteiger partial charge in [-0.2, -0.15) is 0 Å². The van der Waals surface area contributed by atoms with Crippen LogP contribution in [0.15, 0.2) is 23.1 Å². The smallest absolute Gasteiger partial charge is 0.251 e. The van der Waals surface area contributed by atoms with E-state index >= 15 is 0 Å². The van der Waals surface area contributed by atoms with Crippen molar-refractivity contribution < 1.29 is 21.6 Å². The Balaban J connectivity index is 3.01. The van der Waals surface area contributed by atoms with E-state index in [0.717, 1.165) is 6.26 Å². The second-order valence-corrected chi connectivity index (χ2v) is 8.42. The summed E-state index contributed by atoms with van der Waals surface area (Å²) in [5.41, 5.74) is 0.830. The molecule has 1 amide bonds. The minimum atomic E-state index is -3.90. The second-order valence-electron chi connectivity index (χ2n) is 4.60. The maximum atomic E-state index is 12.0. The molecule has 0 aliphatic rings. The lowest BCUT2D eigenvalue weighted by atomic mass is 10.0. The Morgan fingerprint density at radius 2 is 1.86 bits per heavy atom. The lowest BCUT2D eigenvalue weighted by molar-refractivity contribution is 0.0955. The number of amides is 1. The molecule has 0 saturated heterocycles. The first-order chi connectivity index (χ1) is 9.54. The van der Waals surface area contributed by atoms with E-state index in [1.165, 1.54) is 18.2 Å². The molecule has 9 heteroatoms. The molecule has 0 aromatic heterocycles. The van der Waals surface area contributed by atoms with Crippen LogP contribution in [-0.2, 0) is 26.3 Å². The number of carbonyl (C=O) groups is 1. The summed E-state index contributed by atoms with van der Waals surface area (Å²) in [7, 11) is -7.08. The van der Waals surface area contributed by atoms with E-state index < -0.39 is 25.8 Å². The van der Waals surface area contributed by atoms with Crippen LogP contribution < -0.4 is 10.5 Å². The van der Waals surface area contributed by atoms with Crippen LogP contribution in [0.25, 0.3) is 0 Å². The highest BCUT2D eigenvalue weighted by molar-refractivity contribution is 7.90. The van der Waals surface area contributed by atoms with Crippen molar-refractivity contribution in [1.29, 1.82) is 0 Å². The highest BCUT2D eigenvalue weighted by atomic mass is 32.2. The number of nitrogens with two attached hydrogens (primary N) is 1. The molecule has 0 spiro atoms. The predicted molar refractivity (Wildman–Crippen MR) is 79.2 cm³/mol. The van der Waals surface area contributed by atoms with Crippen LogP contribution in [0, 0.1) is 0 Å².